The van der Waals surface area contributed by atoms with Crippen LogP contribution in [0.2, 0.25) is 0 Å². The first-order valence-corrected chi connectivity index (χ1v) is 13.8. The number of fused-ring (bicyclic) bond motifs is 5. The molecule has 1 aromatic carbocycles. The van der Waals surface area contributed by atoms with Crippen molar-refractivity contribution in [2.75, 3.05) is 13.7 Å². The summed E-state index contributed by atoms with van der Waals surface area (Å²) < 4.78 is 4.85. The van der Waals surface area contributed by atoms with E-state index in [0.717, 1.165) is 38.5 Å². The topological polar surface area (TPSA) is 97.2 Å². The van der Waals surface area contributed by atoms with Crippen LogP contribution < -0.4 is 5.32 Å². The van der Waals surface area contributed by atoms with E-state index in [1.807, 2.05) is 19.1 Å². The van der Waals surface area contributed by atoms with Gasteiger partial charge in [0, 0.05) is 5.41 Å². The second kappa shape index (κ2) is 9.99. The predicted octanol–water partition coefficient (Wildman–Crippen LogP) is 4.88. The van der Waals surface area contributed by atoms with Gasteiger partial charge in [-0.3, -0.25) is 4.79 Å². The number of hydrogen-bond donors (Lipinski definition) is 2. The van der Waals surface area contributed by atoms with Crippen LogP contribution in [-0.4, -0.2) is 42.0 Å². The Bertz CT molecular complexity index is 1170. The molecule has 4 aliphatic carbocycles. The molecular formula is C31H40N2O5. The van der Waals surface area contributed by atoms with Crippen molar-refractivity contribution in [2.45, 2.75) is 70.9 Å². The summed E-state index contributed by atoms with van der Waals surface area (Å²) in [6.45, 7) is 6.41. The highest BCUT2D eigenvalue weighted by Crippen LogP contribution is 2.66. The Morgan fingerprint density at radius 2 is 1.84 bits per heavy atom. The molecule has 0 saturated heterocycles. The molecule has 2 N–H and O–H groups in total. The number of ether oxygens (including phenoxy) is 1. The summed E-state index contributed by atoms with van der Waals surface area (Å²) in [6, 6.07) is 8.05. The molecular weight excluding hydrogens is 480 g/mol. The van der Waals surface area contributed by atoms with Crippen LogP contribution in [-0.2, 0) is 19.2 Å². The third kappa shape index (κ3) is 4.49. The van der Waals surface area contributed by atoms with Crippen LogP contribution >= 0.6 is 0 Å². The second-order valence-electron chi connectivity index (χ2n) is 12.2. The summed E-state index contributed by atoms with van der Waals surface area (Å²) in [4.78, 5) is 30.1. The number of aliphatic hydroxyl groups is 1. The van der Waals surface area contributed by atoms with Crippen LogP contribution in [0.5, 0.6) is 0 Å². The Balaban J connectivity index is 1.22. The standard InChI is InChI=1S/C31H40N2O5/c1-29-15-12-22(33-38-19-26(34)32-27(28(35)37-4)20-8-6-5-7-9-20)18-21(29)10-11-23-24(29)13-16-30(2)25(23)14-17-31(30,3)36/h5-9,12,15,18,23-25,27,36H,10-11,13-14,16-17,19H2,1-4H3,(H,32,34). The Labute approximate surface area is 225 Å². The molecule has 4 aliphatic rings. The van der Waals surface area contributed by atoms with Crippen molar-refractivity contribution in [1.82, 2.24) is 5.32 Å². The number of nitrogens with zero attached hydrogens (tertiary/aromatic N) is 1. The van der Waals surface area contributed by atoms with Crippen molar-refractivity contribution >= 4 is 17.6 Å². The number of rotatable bonds is 6. The van der Waals surface area contributed by atoms with Gasteiger partial charge in [-0.05, 0) is 86.3 Å². The van der Waals surface area contributed by atoms with Gasteiger partial charge in [-0.2, -0.15) is 0 Å². The lowest BCUT2D eigenvalue weighted by Gasteiger charge is -2.58. The van der Waals surface area contributed by atoms with Crippen molar-refractivity contribution in [3.8, 4) is 0 Å². The lowest BCUT2D eigenvalue weighted by molar-refractivity contribution is -0.145. The number of esters is 1. The zero-order valence-electron chi connectivity index (χ0n) is 22.9. The van der Waals surface area contributed by atoms with E-state index in [9.17, 15) is 14.7 Å². The lowest BCUT2D eigenvalue weighted by Crippen LogP contribution is -2.53. The van der Waals surface area contributed by atoms with Crippen LogP contribution in [0.4, 0.5) is 0 Å². The van der Waals surface area contributed by atoms with Gasteiger partial charge in [0.05, 0.1) is 12.7 Å². The minimum absolute atomic E-state index is 0.0124. The molecule has 204 valence electrons. The fraction of sp³-hybridized carbons (Fsp3) is 0.581. The first kappa shape index (κ1) is 26.7. The van der Waals surface area contributed by atoms with E-state index < -0.39 is 23.5 Å². The van der Waals surface area contributed by atoms with Crippen molar-refractivity contribution < 1.29 is 24.3 Å². The van der Waals surface area contributed by atoms with Gasteiger partial charge < -0.3 is 20.0 Å². The first-order valence-electron chi connectivity index (χ1n) is 13.8. The highest BCUT2D eigenvalue weighted by Gasteiger charge is 2.61. The normalized spacial score (nSPS) is 37.3. The molecule has 3 saturated carbocycles. The number of amides is 1. The zero-order valence-corrected chi connectivity index (χ0v) is 22.9. The van der Waals surface area contributed by atoms with E-state index in [1.165, 1.54) is 12.7 Å². The molecule has 1 amide bonds. The number of carbonyl (C=O) groups is 2. The minimum Gasteiger partial charge on any atom is -0.467 e. The lowest BCUT2D eigenvalue weighted by atomic mass is 9.47. The van der Waals surface area contributed by atoms with Gasteiger partial charge in [-0.15, -0.1) is 0 Å². The molecule has 0 spiro atoms. The number of nitrogens with one attached hydrogen (secondary N) is 1. The molecule has 7 unspecified atom stereocenters. The Morgan fingerprint density at radius 1 is 1.11 bits per heavy atom. The molecule has 7 heteroatoms. The number of allylic oxidation sites excluding steroid dienone is 4. The number of hydrogen-bond acceptors (Lipinski definition) is 6. The van der Waals surface area contributed by atoms with Crippen LogP contribution in [0.15, 0.2) is 59.3 Å². The van der Waals surface area contributed by atoms with E-state index in [4.69, 9.17) is 9.57 Å². The number of carbonyl (C=O) groups excluding carboxylic acids is 2. The van der Waals surface area contributed by atoms with E-state index >= 15 is 0 Å². The average Bonchev–Trinajstić information content (AvgIpc) is 3.16. The van der Waals surface area contributed by atoms with Crippen molar-refractivity contribution in [3.63, 3.8) is 0 Å². The van der Waals surface area contributed by atoms with Gasteiger partial charge in [0.2, 0.25) is 0 Å². The molecule has 3 fully saturated rings. The summed E-state index contributed by atoms with van der Waals surface area (Å²) in [5.41, 5.74) is 2.13. The van der Waals surface area contributed by atoms with E-state index in [1.54, 1.807) is 24.3 Å². The summed E-state index contributed by atoms with van der Waals surface area (Å²) in [5.74, 6) is 0.760. The predicted molar refractivity (Wildman–Crippen MR) is 145 cm³/mol. The Kier molecular flexibility index (Phi) is 7.01. The molecule has 0 heterocycles. The Hall–Kier alpha value is -2.93. The molecule has 7 atom stereocenters. The average molecular weight is 521 g/mol. The summed E-state index contributed by atoms with van der Waals surface area (Å²) in [7, 11) is 1.29. The minimum atomic E-state index is -0.904. The molecule has 0 radical (unpaired) electrons. The van der Waals surface area contributed by atoms with E-state index in [2.05, 4.69) is 36.5 Å². The highest BCUT2D eigenvalue weighted by molar-refractivity contribution is 6.05. The van der Waals surface area contributed by atoms with Crippen LogP contribution in [0.25, 0.3) is 0 Å². The van der Waals surface area contributed by atoms with E-state index in [-0.39, 0.29) is 17.4 Å². The largest absolute Gasteiger partial charge is 0.467 e. The monoisotopic (exact) mass is 520 g/mol. The van der Waals surface area contributed by atoms with Crippen molar-refractivity contribution in [3.05, 3.63) is 59.7 Å². The quantitative estimate of drug-likeness (QED) is 0.412. The fourth-order valence-electron chi connectivity index (χ4n) is 7.92. The first-order chi connectivity index (χ1) is 18.1. The highest BCUT2D eigenvalue weighted by atomic mass is 16.6. The van der Waals surface area contributed by atoms with Crippen LogP contribution in [0, 0.1) is 28.6 Å². The van der Waals surface area contributed by atoms with Crippen LogP contribution in [0.1, 0.15) is 70.9 Å². The van der Waals surface area contributed by atoms with Gasteiger partial charge >= 0.3 is 5.97 Å². The number of methoxy groups -OCH3 is 1. The molecule has 0 bridgehead atoms. The van der Waals surface area contributed by atoms with Crippen LogP contribution in [0.3, 0.4) is 0 Å². The zero-order chi connectivity index (χ0) is 27.1. The summed E-state index contributed by atoms with van der Waals surface area (Å²) in [6.07, 6.45) is 12.8. The van der Waals surface area contributed by atoms with Gasteiger partial charge in [0.25, 0.3) is 5.91 Å². The van der Waals surface area contributed by atoms with Gasteiger partial charge in [0.1, 0.15) is 5.71 Å². The third-order valence-electron chi connectivity index (χ3n) is 10.4. The maximum Gasteiger partial charge on any atom is 0.333 e. The molecule has 38 heavy (non-hydrogen) atoms. The smallest absolute Gasteiger partial charge is 0.333 e. The van der Waals surface area contributed by atoms with Gasteiger partial charge in [-0.25, -0.2) is 4.79 Å². The van der Waals surface area contributed by atoms with Gasteiger partial charge in [0.15, 0.2) is 12.6 Å². The van der Waals surface area contributed by atoms with Crippen molar-refractivity contribution in [2.24, 2.45) is 33.7 Å². The third-order valence-corrected chi connectivity index (χ3v) is 10.4. The molecule has 7 nitrogen and oxygen atoms in total. The van der Waals surface area contributed by atoms with Crippen molar-refractivity contribution in [1.29, 1.82) is 0 Å². The summed E-state index contributed by atoms with van der Waals surface area (Å²) in [5, 5.41) is 18.0. The maximum atomic E-state index is 12.5. The maximum absolute atomic E-state index is 12.5. The van der Waals surface area contributed by atoms with E-state index in [0.29, 0.717) is 29.0 Å². The Morgan fingerprint density at radius 3 is 2.58 bits per heavy atom. The fourth-order valence-corrected chi connectivity index (χ4v) is 7.92. The SMILES string of the molecule is COC(=O)C(NC(=O)CON=C1C=CC2(C)C(=C1)CCC1C2CCC2(C)C1CCC2(C)O)c1ccccc1. The molecule has 1 aromatic rings. The molecule has 5 rings (SSSR count). The summed E-state index contributed by atoms with van der Waals surface area (Å²) >= 11 is 0. The number of benzene rings is 1. The van der Waals surface area contributed by atoms with Gasteiger partial charge in [-0.1, -0.05) is 61.0 Å². The molecule has 0 aromatic heterocycles. The second-order valence-corrected chi connectivity index (χ2v) is 12.2. The molecule has 0 aliphatic heterocycles. The number of oxime groups is 1.